The molecule has 0 bridgehead atoms. The minimum atomic E-state index is -0.341. The highest BCUT2D eigenvalue weighted by Crippen LogP contribution is 2.21. The monoisotopic (exact) mass is 312 g/mol. The van der Waals surface area contributed by atoms with Crippen LogP contribution in [0.15, 0.2) is 36.4 Å². The molecule has 3 nitrogen and oxygen atoms in total. The number of carbonyl (C=O) groups excluding carboxylic acids is 2. The molecule has 1 aliphatic heterocycles. The standard InChI is InChI=1S/C20H24O3/c1-14-11-15(2)19-17(12-14)13-18(21)10-8-6-4-5-7-9-16(3)23-20(19)22/h5,7-8,10-12,16H,4,6,9,13H2,1-3H3/b7-5+,10-8+. The molecule has 1 atom stereocenters. The molecule has 0 fully saturated rings. The number of esters is 1. The van der Waals surface area contributed by atoms with E-state index in [1.807, 2.05) is 45.1 Å². The van der Waals surface area contributed by atoms with Crippen LogP contribution in [0.3, 0.4) is 0 Å². The van der Waals surface area contributed by atoms with Gasteiger partial charge in [-0.15, -0.1) is 0 Å². The van der Waals surface area contributed by atoms with Crippen LogP contribution in [0.1, 0.15) is 53.2 Å². The predicted octanol–water partition coefficient (Wildman–Crippen LogP) is 4.26. The van der Waals surface area contributed by atoms with E-state index in [1.165, 1.54) is 0 Å². The molecule has 23 heavy (non-hydrogen) atoms. The van der Waals surface area contributed by atoms with Crippen LogP contribution in [0.25, 0.3) is 0 Å². The Labute approximate surface area is 138 Å². The van der Waals surface area contributed by atoms with Crippen molar-refractivity contribution >= 4 is 11.8 Å². The number of carbonyl (C=O) groups is 2. The topological polar surface area (TPSA) is 43.4 Å². The van der Waals surface area contributed by atoms with E-state index in [1.54, 1.807) is 6.08 Å². The number of allylic oxidation sites excluding steroid dienone is 3. The van der Waals surface area contributed by atoms with Crippen molar-refractivity contribution in [3.05, 3.63) is 58.7 Å². The number of aryl methyl sites for hydroxylation is 2. The fraction of sp³-hybridized carbons (Fsp3) is 0.400. The third kappa shape index (κ3) is 4.92. The lowest BCUT2D eigenvalue weighted by Crippen LogP contribution is -2.18. The lowest BCUT2D eigenvalue weighted by atomic mass is 9.95. The quantitative estimate of drug-likeness (QED) is 0.531. The Morgan fingerprint density at radius 1 is 1.04 bits per heavy atom. The average Bonchev–Trinajstić information content (AvgIpc) is 2.44. The summed E-state index contributed by atoms with van der Waals surface area (Å²) < 4.78 is 5.56. The van der Waals surface area contributed by atoms with E-state index in [0.29, 0.717) is 12.0 Å². The number of ketones is 1. The number of benzene rings is 1. The predicted molar refractivity (Wildman–Crippen MR) is 91.6 cm³/mol. The second-order valence-corrected chi connectivity index (χ2v) is 6.16. The molecule has 0 aromatic heterocycles. The summed E-state index contributed by atoms with van der Waals surface area (Å²) >= 11 is 0. The van der Waals surface area contributed by atoms with Gasteiger partial charge in [-0.1, -0.05) is 35.9 Å². The van der Waals surface area contributed by atoms with E-state index in [0.717, 1.165) is 29.5 Å². The molecule has 3 heteroatoms. The summed E-state index contributed by atoms with van der Waals surface area (Å²) in [7, 11) is 0. The van der Waals surface area contributed by atoms with Gasteiger partial charge in [-0.2, -0.15) is 0 Å². The number of hydrogen-bond acceptors (Lipinski definition) is 3. The average molecular weight is 312 g/mol. The zero-order chi connectivity index (χ0) is 16.8. The Kier molecular flexibility index (Phi) is 5.91. The fourth-order valence-corrected chi connectivity index (χ4v) is 2.84. The van der Waals surface area contributed by atoms with Crippen molar-refractivity contribution in [2.24, 2.45) is 0 Å². The first-order valence-electron chi connectivity index (χ1n) is 8.13. The van der Waals surface area contributed by atoms with Crippen molar-refractivity contribution in [1.82, 2.24) is 0 Å². The number of rotatable bonds is 0. The first kappa shape index (κ1) is 17.2. The van der Waals surface area contributed by atoms with Crippen LogP contribution in [0.4, 0.5) is 0 Å². The highest BCUT2D eigenvalue weighted by molar-refractivity contribution is 5.97. The molecule has 0 aliphatic carbocycles. The van der Waals surface area contributed by atoms with E-state index >= 15 is 0 Å². The number of ether oxygens (including phenoxy) is 1. The first-order chi connectivity index (χ1) is 11.0. The lowest BCUT2D eigenvalue weighted by Gasteiger charge is -2.16. The Balaban J connectivity index is 2.40. The molecule has 1 aromatic carbocycles. The van der Waals surface area contributed by atoms with Crippen LogP contribution in [-0.2, 0) is 16.0 Å². The van der Waals surface area contributed by atoms with E-state index in [2.05, 4.69) is 6.08 Å². The summed E-state index contributed by atoms with van der Waals surface area (Å²) in [6.45, 7) is 5.75. The van der Waals surface area contributed by atoms with Crippen molar-refractivity contribution in [2.45, 2.75) is 52.6 Å². The van der Waals surface area contributed by atoms with Gasteiger partial charge in [0.2, 0.25) is 0 Å². The van der Waals surface area contributed by atoms with Gasteiger partial charge in [-0.05, 0) is 50.8 Å². The molecule has 0 amide bonds. The minimum Gasteiger partial charge on any atom is -0.459 e. The Morgan fingerprint density at radius 3 is 2.57 bits per heavy atom. The molecule has 0 saturated heterocycles. The van der Waals surface area contributed by atoms with E-state index in [9.17, 15) is 9.59 Å². The third-order valence-corrected chi connectivity index (χ3v) is 3.88. The minimum absolute atomic E-state index is 0.0122. The lowest BCUT2D eigenvalue weighted by molar-refractivity contribution is -0.114. The summed E-state index contributed by atoms with van der Waals surface area (Å²) in [5.41, 5.74) is 3.19. The second-order valence-electron chi connectivity index (χ2n) is 6.16. The molecule has 0 spiro atoms. The molecule has 1 heterocycles. The maximum absolute atomic E-state index is 12.5. The molecule has 1 unspecified atom stereocenters. The molecule has 0 saturated carbocycles. The smallest absolute Gasteiger partial charge is 0.338 e. The summed E-state index contributed by atoms with van der Waals surface area (Å²) in [5.74, 6) is -0.328. The van der Waals surface area contributed by atoms with Gasteiger partial charge in [0.15, 0.2) is 5.78 Å². The van der Waals surface area contributed by atoms with Gasteiger partial charge in [0.1, 0.15) is 6.10 Å². The molecule has 1 aromatic rings. The highest BCUT2D eigenvalue weighted by Gasteiger charge is 2.19. The van der Waals surface area contributed by atoms with Gasteiger partial charge in [0.05, 0.1) is 5.56 Å². The maximum atomic E-state index is 12.5. The zero-order valence-electron chi connectivity index (χ0n) is 14.1. The van der Waals surface area contributed by atoms with Crippen LogP contribution in [0.2, 0.25) is 0 Å². The number of hydrogen-bond donors (Lipinski definition) is 0. The van der Waals surface area contributed by atoms with Crippen LogP contribution < -0.4 is 0 Å². The van der Waals surface area contributed by atoms with Crippen LogP contribution in [0.5, 0.6) is 0 Å². The largest absolute Gasteiger partial charge is 0.459 e. The van der Waals surface area contributed by atoms with Gasteiger partial charge in [0, 0.05) is 12.8 Å². The van der Waals surface area contributed by atoms with Crippen molar-refractivity contribution < 1.29 is 14.3 Å². The SMILES string of the molecule is Cc1cc(C)c2c(c1)CC(=O)/C=C/CC/C=C/CC(C)OC2=O. The molecule has 2 rings (SSSR count). The van der Waals surface area contributed by atoms with E-state index in [-0.39, 0.29) is 24.3 Å². The Hall–Kier alpha value is -2.16. The number of fused-ring (bicyclic) bond motifs is 1. The summed E-state index contributed by atoms with van der Waals surface area (Å²) in [5, 5.41) is 0. The Bertz CT molecular complexity index is 653. The molecular weight excluding hydrogens is 288 g/mol. The summed E-state index contributed by atoms with van der Waals surface area (Å²) in [6, 6.07) is 3.86. The molecule has 0 radical (unpaired) electrons. The molecule has 122 valence electrons. The van der Waals surface area contributed by atoms with Crippen molar-refractivity contribution in [1.29, 1.82) is 0 Å². The van der Waals surface area contributed by atoms with Crippen LogP contribution >= 0.6 is 0 Å². The highest BCUT2D eigenvalue weighted by atomic mass is 16.5. The second kappa shape index (κ2) is 7.91. The normalized spacial score (nSPS) is 22.7. The van der Waals surface area contributed by atoms with Crippen molar-refractivity contribution in [3.63, 3.8) is 0 Å². The summed E-state index contributed by atoms with van der Waals surface area (Å²) in [6.07, 6.45) is 10.1. The van der Waals surface area contributed by atoms with Crippen LogP contribution in [0, 0.1) is 13.8 Å². The zero-order valence-corrected chi connectivity index (χ0v) is 14.1. The van der Waals surface area contributed by atoms with Gasteiger partial charge in [0.25, 0.3) is 0 Å². The van der Waals surface area contributed by atoms with E-state index < -0.39 is 0 Å². The molecule has 1 aliphatic rings. The van der Waals surface area contributed by atoms with Crippen molar-refractivity contribution in [2.75, 3.05) is 0 Å². The molecular formula is C20H24O3. The van der Waals surface area contributed by atoms with E-state index in [4.69, 9.17) is 4.74 Å². The van der Waals surface area contributed by atoms with Gasteiger partial charge in [-0.3, -0.25) is 4.79 Å². The number of cyclic esters (lactones) is 1. The van der Waals surface area contributed by atoms with Crippen LogP contribution in [-0.4, -0.2) is 17.9 Å². The third-order valence-electron chi connectivity index (χ3n) is 3.88. The van der Waals surface area contributed by atoms with Gasteiger partial charge in [-0.25, -0.2) is 4.79 Å². The fourth-order valence-electron chi connectivity index (χ4n) is 2.84. The molecule has 0 N–H and O–H groups in total. The van der Waals surface area contributed by atoms with Crippen molar-refractivity contribution in [3.8, 4) is 0 Å². The first-order valence-corrected chi connectivity index (χ1v) is 8.13. The van der Waals surface area contributed by atoms with Gasteiger partial charge >= 0.3 is 5.97 Å². The Morgan fingerprint density at radius 2 is 1.78 bits per heavy atom. The summed E-state index contributed by atoms with van der Waals surface area (Å²) in [4.78, 5) is 24.7. The van der Waals surface area contributed by atoms with Gasteiger partial charge < -0.3 is 4.74 Å². The maximum Gasteiger partial charge on any atom is 0.338 e.